The number of aryl methyl sites for hydroxylation is 1. The topological polar surface area (TPSA) is 65.5 Å². The van der Waals surface area contributed by atoms with Crippen LogP contribution in [0.4, 0.5) is 0 Å². The molecule has 0 aliphatic heterocycles. The van der Waals surface area contributed by atoms with E-state index in [1.807, 2.05) is 20.8 Å². The lowest BCUT2D eigenvalue weighted by Gasteiger charge is -2.13. The van der Waals surface area contributed by atoms with Gasteiger partial charge in [0.2, 0.25) is 5.91 Å². The van der Waals surface area contributed by atoms with Crippen molar-refractivity contribution in [2.24, 2.45) is 4.99 Å². The number of amides is 1. The van der Waals surface area contributed by atoms with E-state index >= 15 is 0 Å². The number of hydrogen-bond acceptors (Lipinski definition) is 3. The largest absolute Gasteiger partial charge is 0.357 e. The molecule has 0 spiro atoms. The Kier molecular flexibility index (Phi) is 12.8. The van der Waals surface area contributed by atoms with E-state index in [4.69, 9.17) is 0 Å². The minimum Gasteiger partial charge on any atom is -0.357 e. The van der Waals surface area contributed by atoms with Gasteiger partial charge in [-0.2, -0.15) is 0 Å². The lowest BCUT2D eigenvalue weighted by Crippen LogP contribution is -2.40. The van der Waals surface area contributed by atoms with Crippen molar-refractivity contribution >= 4 is 47.6 Å². The number of rotatable bonds is 8. The van der Waals surface area contributed by atoms with Gasteiger partial charge >= 0.3 is 0 Å². The molecule has 0 fully saturated rings. The van der Waals surface area contributed by atoms with Gasteiger partial charge in [0.1, 0.15) is 0 Å². The summed E-state index contributed by atoms with van der Waals surface area (Å²) in [5.41, 5.74) is 2.47. The fourth-order valence-corrected chi connectivity index (χ4v) is 2.88. The first-order valence-corrected chi connectivity index (χ1v) is 9.63. The molecular formula is C18H31IN4OS. The average Bonchev–Trinajstić information content (AvgIpc) is 2.52. The van der Waals surface area contributed by atoms with Gasteiger partial charge in [-0.05, 0) is 51.1 Å². The second-order valence-corrected chi connectivity index (χ2v) is 6.76. The molecule has 0 aromatic heterocycles. The maximum atomic E-state index is 11.7. The van der Waals surface area contributed by atoms with Crippen molar-refractivity contribution in [1.82, 2.24) is 16.0 Å². The predicted molar refractivity (Wildman–Crippen MR) is 119 cm³/mol. The first kappa shape index (κ1) is 24.0. The summed E-state index contributed by atoms with van der Waals surface area (Å²) in [5, 5.41) is 9.32. The lowest BCUT2D eigenvalue weighted by atomic mass is 10.1. The number of nitrogens with zero attached hydrogens (tertiary/aromatic N) is 1. The fourth-order valence-electron chi connectivity index (χ4n) is 2.18. The first-order chi connectivity index (χ1) is 11.5. The summed E-state index contributed by atoms with van der Waals surface area (Å²) in [7, 11) is 0. The number of carbonyl (C=O) groups is 1. The highest BCUT2D eigenvalue weighted by Crippen LogP contribution is 2.22. The van der Waals surface area contributed by atoms with E-state index < -0.39 is 0 Å². The first-order valence-electron chi connectivity index (χ1n) is 8.41. The second-order valence-electron chi connectivity index (χ2n) is 5.91. The van der Waals surface area contributed by atoms with Crippen LogP contribution in [0, 0.1) is 6.92 Å². The van der Waals surface area contributed by atoms with Crippen molar-refractivity contribution < 1.29 is 4.79 Å². The number of thioether (sulfide) groups is 1. The van der Waals surface area contributed by atoms with E-state index in [0.717, 1.165) is 12.5 Å². The third-order valence-corrected chi connectivity index (χ3v) is 4.11. The number of benzene rings is 1. The minimum absolute atomic E-state index is 0. The Balaban J connectivity index is 0.00000576. The third kappa shape index (κ3) is 9.94. The quantitative estimate of drug-likeness (QED) is 0.232. The van der Waals surface area contributed by atoms with Crippen LogP contribution in [0.1, 0.15) is 38.3 Å². The van der Waals surface area contributed by atoms with Gasteiger partial charge in [-0.3, -0.25) is 4.79 Å². The summed E-state index contributed by atoms with van der Waals surface area (Å²) < 4.78 is 0. The summed E-state index contributed by atoms with van der Waals surface area (Å²) in [6.07, 6.45) is 2.52. The highest BCUT2D eigenvalue weighted by atomic mass is 127. The molecule has 5 nitrogen and oxygen atoms in total. The van der Waals surface area contributed by atoms with Crippen LogP contribution >= 0.6 is 35.7 Å². The van der Waals surface area contributed by atoms with Crippen molar-refractivity contribution in [1.29, 1.82) is 0 Å². The van der Waals surface area contributed by atoms with Crippen molar-refractivity contribution in [3.05, 3.63) is 29.3 Å². The molecule has 0 heterocycles. The van der Waals surface area contributed by atoms with Crippen molar-refractivity contribution in [2.45, 2.75) is 51.6 Å². The number of guanidine groups is 1. The van der Waals surface area contributed by atoms with E-state index in [-0.39, 0.29) is 35.9 Å². The van der Waals surface area contributed by atoms with E-state index in [2.05, 4.69) is 52.3 Å². The lowest BCUT2D eigenvalue weighted by molar-refractivity contribution is -0.121. The van der Waals surface area contributed by atoms with E-state index in [1.165, 1.54) is 16.0 Å². The predicted octanol–water partition coefficient (Wildman–Crippen LogP) is 3.30. The molecule has 25 heavy (non-hydrogen) atoms. The summed E-state index contributed by atoms with van der Waals surface area (Å²) in [6.45, 7) is 10.0. The molecule has 1 amide bonds. The van der Waals surface area contributed by atoms with Gasteiger partial charge in [-0.15, -0.1) is 35.7 Å². The summed E-state index contributed by atoms with van der Waals surface area (Å²) in [6, 6.07) is 6.60. The normalized spacial score (nSPS) is 11.0. The minimum atomic E-state index is 0. The SMILES string of the molecule is CCNC(=NCc1ccc(C)cc1SC)NCCC(=O)NC(C)C.I. The molecule has 1 aromatic carbocycles. The number of nitrogens with one attached hydrogen (secondary N) is 3. The molecule has 0 saturated heterocycles. The highest BCUT2D eigenvalue weighted by molar-refractivity contribution is 14.0. The number of carbonyl (C=O) groups excluding carboxylic acids is 1. The Hall–Kier alpha value is -0.960. The van der Waals surface area contributed by atoms with Gasteiger partial charge in [0.05, 0.1) is 6.54 Å². The molecule has 3 N–H and O–H groups in total. The highest BCUT2D eigenvalue weighted by Gasteiger charge is 2.05. The van der Waals surface area contributed by atoms with Gasteiger partial charge in [0.15, 0.2) is 5.96 Å². The molecule has 0 aliphatic carbocycles. The van der Waals surface area contributed by atoms with Crippen LogP contribution in [0.5, 0.6) is 0 Å². The molecule has 0 bridgehead atoms. The van der Waals surface area contributed by atoms with Crippen molar-refractivity contribution in [2.75, 3.05) is 19.3 Å². The molecule has 142 valence electrons. The van der Waals surface area contributed by atoms with Gasteiger partial charge in [0.25, 0.3) is 0 Å². The van der Waals surface area contributed by atoms with Crippen LogP contribution in [0.2, 0.25) is 0 Å². The molecule has 1 rings (SSSR count). The standard InChI is InChI=1S/C18H30N4OS.HI/c1-6-19-18(20-10-9-17(23)22-13(2)3)21-12-15-8-7-14(4)11-16(15)24-5;/h7-8,11,13H,6,9-10,12H2,1-5H3,(H,22,23)(H2,19,20,21);1H. The van der Waals surface area contributed by atoms with E-state index in [9.17, 15) is 4.79 Å². The molecule has 0 aliphatic rings. The van der Waals surface area contributed by atoms with Crippen LogP contribution in [0.15, 0.2) is 28.1 Å². The van der Waals surface area contributed by atoms with Crippen LogP contribution in [-0.2, 0) is 11.3 Å². The Morgan fingerprint density at radius 2 is 2.00 bits per heavy atom. The van der Waals surface area contributed by atoms with E-state index in [0.29, 0.717) is 19.5 Å². The fraction of sp³-hybridized carbons (Fsp3) is 0.556. The Morgan fingerprint density at radius 3 is 2.60 bits per heavy atom. The molecule has 0 saturated carbocycles. The Morgan fingerprint density at radius 1 is 1.28 bits per heavy atom. The molecule has 0 unspecified atom stereocenters. The molecular weight excluding hydrogens is 447 g/mol. The van der Waals surface area contributed by atoms with E-state index in [1.54, 1.807) is 11.8 Å². The van der Waals surface area contributed by atoms with Crippen LogP contribution < -0.4 is 16.0 Å². The zero-order valence-electron chi connectivity index (χ0n) is 15.8. The van der Waals surface area contributed by atoms with Crippen molar-refractivity contribution in [3.8, 4) is 0 Å². The smallest absolute Gasteiger partial charge is 0.221 e. The van der Waals surface area contributed by atoms with Gasteiger partial charge in [-0.25, -0.2) is 4.99 Å². The van der Waals surface area contributed by atoms with Crippen LogP contribution in [-0.4, -0.2) is 37.3 Å². The maximum absolute atomic E-state index is 11.7. The van der Waals surface area contributed by atoms with Crippen LogP contribution in [0.25, 0.3) is 0 Å². The third-order valence-electron chi connectivity index (χ3n) is 3.29. The van der Waals surface area contributed by atoms with Gasteiger partial charge in [-0.1, -0.05) is 12.1 Å². The summed E-state index contributed by atoms with van der Waals surface area (Å²) in [5.74, 6) is 0.791. The number of aliphatic imine (C=N–C) groups is 1. The Bertz CT molecular complexity index is 564. The zero-order valence-corrected chi connectivity index (χ0v) is 19.0. The molecule has 1 aromatic rings. The maximum Gasteiger partial charge on any atom is 0.221 e. The molecule has 0 atom stereocenters. The molecule has 0 radical (unpaired) electrons. The molecule has 7 heteroatoms. The van der Waals surface area contributed by atoms with Crippen LogP contribution in [0.3, 0.4) is 0 Å². The van der Waals surface area contributed by atoms with Crippen molar-refractivity contribution in [3.63, 3.8) is 0 Å². The summed E-state index contributed by atoms with van der Waals surface area (Å²) in [4.78, 5) is 17.6. The monoisotopic (exact) mass is 478 g/mol. The zero-order chi connectivity index (χ0) is 17.9. The Labute approximate surface area is 173 Å². The number of hydrogen-bond donors (Lipinski definition) is 3. The summed E-state index contributed by atoms with van der Waals surface area (Å²) >= 11 is 1.74. The second kappa shape index (κ2) is 13.3. The van der Waals surface area contributed by atoms with Gasteiger partial charge in [0, 0.05) is 30.4 Å². The number of halogens is 1. The average molecular weight is 478 g/mol. The van der Waals surface area contributed by atoms with Gasteiger partial charge < -0.3 is 16.0 Å².